The van der Waals surface area contributed by atoms with Gasteiger partial charge in [0.1, 0.15) is 0 Å². The van der Waals surface area contributed by atoms with E-state index in [1.807, 2.05) is 42.5 Å². The SMILES string of the molecule is COc1cc(C(C)N[C@H](C)c2cccc(Cl)c2)nn1-c1ccc(C#N)cc1. The summed E-state index contributed by atoms with van der Waals surface area (Å²) >= 11 is 6.09. The summed E-state index contributed by atoms with van der Waals surface area (Å²) in [7, 11) is 1.62. The lowest BCUT2D eigenvalue weighted by atomic mass is 10.1. The van der Waals surface area contributed by atoms with Crippen LogP contribution in [0.25, 0.3) is 5.69 Å². The number of nitrogens with one attached hydrogen (secondary N) is 1. The van der Waals surface area contributed by atoms with E-state index in [1.54, 1.807) is 23.9 Å². The molecule has 0 saturated heterocycles. The van der Waals surface area contributed by atoms with Crippen LogP contribution in [0.4, 0.5) is 0 Å². The Hall–Kier alpha value is -2.81. The molecule has 0 amide bonds. The van der Waals surface area contributed by atoms with Gasteiger partial charge in [-0.15, -0.1) is 0 Å². The first-order valence-corrected chi connectivity index (χ1v) is 9.05. The molecule has 1 heterocycles. The predicted molar refractivity (Wildman–Crippen MR) is 106 cm³/mol. The van der Waals surface area contributed by atoms with Gasteiger partial charge in [-0.1, -0.05) is 23.7 Å². The van der Waals surface area contributed by atoms with Crippen molar-refractivity contribution in [2.45, 2.75) is 25.9 Å². The maximum absolute atomic E-state index is 8.96. The molecule has 3 aromatic rings. The number of rotatable bonds is 6. The van der Waals surface area contributed by atoms with E-state index in [-0.39, 0.29) is 12.1 Å². The Balaban J connectivity index is 1.82. The van der Waals surface area contributed by atoms with Gasteiger partial charge in [-0.05, 0) is 55.8 Å². The number of hydrogen-bond acceptors (Lipinski definition) is 4. The van der Waals surface area contributed by atoms with E-state index in [0.717, 1.165) is 22.0 Å². The maximum atomic E-state index is 8.96. The predicted octanol–water partition coefficient (Wildman–Crippen LogP) is 4.82. The van der Waals surface area contributed by atoms with Crippen LogP contribution in [-0.2, 0) is 0 Å². The first-order chi connectivity index (χ1) is 13.0. The normalized spacial score (nSPS) is 13.0. The van der Waals surface area contributed by atoms with Gasteiger partial charge in [0.15, 0.2) is 0 Å². The number of aromatic nitrogens is 2. The third kappa shape index (κ3) is 4.30. The molecule has 138 valence electrons. The third-order valence-electron chi connectivity index (χ3n) is 4.44. The van der Waals surface area contributed by atoms with Crippen molar-refractivity contribution in [3.8, 4) is 17.6 Å². The summed E-state index contributed by atoms with van der Waals surface area (Å²) in [6.07, 6.45) is 0. The molecule has 0 aliphatic rings. The summed E-state index contributed by atoms with van der Waals surface area (Å²) < 4.78 is 7.22. The van der Waals surface area contributed by atoms with Crippen LogP contribution in [-0.4, -0.2) is 16.9 Å². The zero-order chi connectivity index (χ0) is 19.4. The topological polar surface area (TPSA) is 62.9 Å². The lowest BCUT2D eigenvalue weighted by molar-refractivity contribution is 0.383. The minimum absolute atomic E-state index is 0.00696. The third-order valence-corrected chi connectivity index (χ3v) is 4.67. The zero-order valence-electron chi connectivity index (χ0n) is 15.5. The highest BCUT2D eigenvalue weighted by Gasteiger charge is 2.17. The van der Waals surface area contributed by atoms with E-state index >= 15 is 0 Å². The fraction of sp³-hybridized carbons (Fsp3) is 0.238. The van der Waals surface area contributed by atoms with Crippen molar-refractivity contribution in [2.75, 3.05) is 7.11 Å². The molecule has 2 atom stereocenters. The maximum Gasteiger partial charge on any atom is 0.216 e. The van der Waals surface area contributed by atoms with Crippen molar-refractivity contribution >= 4 is 11.6 Å². The van der Waals surface area contributed by atoms with Gasteiger partial charge in [0.25, 0.3) is 0 Å². The molecule has 0 radical (unpaired) electrons. The van der Waals surface area contributed by atoms with Gasteiger partial charge in [0.2, 0.25) is 5.88 Å². The number of hydrogen-bond donors (Lipinski definition) is 1. The molecule has 0 fully saturated rings. The molecule has 1 unspecified atom stereocenters. The molecule has 0 spiro atoms. The van der Waals surface area contributed by atoms with Gasteiger partial charge >= 0.3 is 0 Å². The fourth-order valence-electron chi connectivity index (χ4n) is 2.93. The molecule has 27 heavy (non-hydrogen) atoms. The van der Waals surface area contributed by atoms with Crippen molar-refractivity contribution in [3.05, 3.63) is 76.4 Å². The summed E-state index contributed by atoms with van der Waals surface area (Å²) in [4.78, 5) is 0. The second-order valence-corrected chi connectivity index (χ2v) is 6.78. The molecule has 0 aliphatic heterocycles. The van der Waals surface area contributed by atoms with E-state index in [1.165, 1.54) is 0 Å². The van der Waals surface area contributed by atoms with Crippen LogP contribution in [0.5, 0.6) is 5.88 Å². The average molecular weight is 381 g/mol. The van der Waals surface area contributed by atoms with Gasteiger partial charge in [-0.3, -0.25) is 0 Å². The van der Waals surface area contributed by atoms with E-state index < -0.39 is 0 Å². The second-order valence-electron chi connectivity index (χ2n) is 6.35. The Morgan fingerprint density at radius 2 is 1.85 bits per heavy atom. The van der Waals surface area contributed by atoms with Gasteiger partial charge in [-0.25, -0.2) is 4.68 Å². The average Bonchev–Trinajstić information content (AvgIpc) is 3.12. The first kappa shape index (κ1) is 19.0. The largest absolute Gasteiger partial charge is 0.481 e. The molecule has 1 N–H and O–H groups in total. The van der Waals surface area contributed by atoms with Crippen LogP contribution in [0.1, 0.15) is 42.8 Å². The quantitative estimate of drug-likeness (QED) is 0.666. The smallest absolute Gasteiger partial charge is 0.216 e. The van der Waals surface area contributed by atoms with Crippen molar-refractivity contribution in [2.24, 2.45) is 0 Å². The minimum atomic E-state index is 0.00696. The van der Waals surface area contributed by atoms with Gasteiger partial charge in [0.05, 0.1) is 30.1 Å². The Kier molecular flexibility index (Phi) is 5.80. The van der Waals surface area contributed by atoms with E-state index in [0.29, 0.717) is 11.4 Å². The summed E-state index contributed by atoms with van der Waals surface area (Å²) in [5, 5.41) is 17.9. The highest BCUT2D eigenvalue weighted by Crippen LogP contribution is 2.25. The molecular weight excluding hydrogens is 360 g/mol. The van der Waals surface area contributed by atoms with Crippen LogP contribution >= 0.6 is 11.6 Å². The van der Waals surface area contributed by atoms with E-state index in [9.17, 15) is 0 Å². The molecule has 1 aromatic heterocycles. The number of nitriles is 1. The molecule has 3 rings (SSSR count). The number of ether oxygens (including phenoxy) is 1. The summed E-state index contributed by atoms with van der Waals surface area (Å²) in [6, 6.07) is 19.2. The lowest BCUT2D eigenvalue weighted by Gasteiger charge is -2.19. The molecule has 0 saturated carbocycles. The Bertz CT molecular complexity index is 959. The summed E-state index contributed by atoms with van der Waals surface area (Å²) in [5.41, 5.74) is 3.43. The van der Waals surface area contributed by atoms with Crippen LogP contribution in [0.2, 0.25) is 5.02 Å². The van der Waals surface area contributed by atoms with Gasteiger partial charge in [0, 0.05) is 23.2 Å². The molecular formula is C21H21ClN4O. The number of benzene rings is 2. The fourth-order valence-corrected chi connectivity index (χ4v) is 3.13. The van der Waals surface area contributed by atoms with Crippen molar-refractivity contribution in [3.63, 3.8) is 0 Å². The standard InChI is InChI=1S/C21H21ClN4O/c1-14(17-5-4-6-18(22)11-17)24-15(2)20-12-21(27-3)26(25-20)19-9-7-16(13-23)8-10-19/h4-12,14-15,24H,1-3H3/t14-,15?/m1/s1. The Labute approximate surface area is 164 Å². The first-order valence-electron chi connectivity index (χ1n) is 8.68. The van der Waals surface area contributed by atoms with Gasteiger partial charge < -0.3 is 10.1 Å². The number of halogens is 1. The zero-order valence-corrected chi connectivity index (χ0v) is 16.2. The molecule has 6 heteroatoms. The molecule has 5 nitrogen and oxygen atoms in total. The van der Waals surface area contributed by atoms with Crippen LogP contribution in [0.3, 0.4) is 0 Å². The molecule has 0 aliphatic carbocycles. The molecule has 2 aromatic carbocycles. The Morgan fingerprint density at radius 1 is 1.11 bits per heavy atom. The number of nitrogens with zero attached hydrogens (tertiary/aromatic N) is 3. The number of methoxy groups -OCH3 is 1. The van der Waals surface area contributed by atoms with E-state index in [4.69, 9.17) is 26.7 Å². The van der Waals surface area contributed by atoms with Crippen LogP contribution in [0.15, 0.2) is 54.6 Å². The Morgan fingerprint density at radius 3 is 2.48 bits per heavy atom. The van der Waals surface area contributed by atoms with Crippen LogP contribution < -0.4 is 10.1 Å². The van der Waals surface area contributed by atoms with E-state index in [2.05, 4.69) is 25.2 Å². The second kappa shape index (κ2) is 8.26. The van der Waals surface area contributed by atoms with Gasteiger partial charge in [-0.2, -0.15) is 10.4 Å². The van der Waals surface area contributed by atoms with Crippen molar-refractivity contribution in [1.29, 1.82) is 5.26 Å². The highest BCUT2D eigenvalue weighted by molar-refractivity contribution is 6.30. The highest BCUT2D eigenvalue weighted by atomic mass is 35.5. The van der Waals surface area contributed by atoms with Crippen molar-refractivity contribution < 1.29 is 4.74 Å². The van der Waals surface area contributed by atoms with Crippen molar-refractivity contribution in [1.82, 2.24) is 15.1 Å². The lowest BCUT2D eigenvalue weighted by Crippen LogP contribution is -2.23. The summed E-state index contributed by atoms with van der Waals surface area (Å²) in [5.74, 6) is 0.638. The summed E-state index contributed by atoms with van der Waals surface area (Å²) in [6.45, 7) is 4.16. The monoisotopic (exact) mass is 380 g/mol. The minimum Gasteiger partial charge on any atom is -0.481 e. The molecule has 0 bridgehead atoms. The van der Waals surface area contributed by atoms with Crippen LogP contribution in [0, 0.1) is 11.3 Å².